The van der Waals surface area contributed by atoms with Crippen molar-refractivity contribution < 1.29 is 20.1 Å². The fourth-order valence-corrected chi connectivity index (χ4v) is 3.04. The molecule has 26 heavy (non-hydrogen) atoms. The number of benzene rings is 1. The molecule has 3 aromatic rings. The summed E-state index contributed by atoms with van der Waals surface area (Å²) < 4.78 is 6.48. The normalized spacial score (nSPS) is 25.8. The Balaban J connectivity index is 1.75. The molecule has 0 bridgehead atoms. The summed E-state index contributed by atoms with van der Waals surface area (Å²) in [5, 5.41) is 29.2. The predicted molar refractivity (Wildman–Crippen MR) is 91.3 cm³/mol. The zero-order valence-corrected chi connectivity index (χ0v) is 13.9. The molecule has 3 heterocycles. The fraction of sp³-hybridized carbons (Fsp3) is 0.353. The van der Waals surface area contributed by atoms with Crippen molar-refractivity contribution in [2.24, 2.45) is 0 Å². The van der Waals surface area contributed by atoms with Crippen molar-refractivity contribution in [2.45, 2.75) is 31.5 Å². The molecule has 0 spiro atoms. The van der Waals surface area contributed by atoms with E-state index in [1.165, 1.54) is 6.20 Å². The van der Waals surface area contributed by atoms with E-state index in [-0.39, 0.29) is 5.65 Å². The molecule has 1 saturated heterocycles. The van der Waals surface area contributed by atoms with E-state index in [1.54, 1.807) is 0 Å². The molecule has 2 aromatic heterocycles. The second-order valence-electron chi connectivity index (χ2n) is 6.35. The molecule has 4 N–H and O–H groups in total. The minimum absolute atomic E-state index is 0.244. The molecule has 9 nitrogen and oxygen atoms in total. The summed E-state index contributed by atoms with van der Waals surface area (Å²) in [5.74, 6) is 0.561. The Kier molecular flexibility index (Phi) is 4.08. The molecule has 0 saturated carbocycles. The molecular formula is C17H18N4O5. The number of nitrogens with one attached hydrogen (secondary N) is 1. The van der Waals surface area contributed by atoms with Gasteiger partial charge in [-0.25, -0.2) is 9.78 Å². The summed E-state index contributed by atoms with van der Waals surface area (Å²) in [6, 6.07) is 7.72. The average molecular weight is 358 g/mol. The number of aromatic nitrogens is 4. The standard InChI is InChI=1S/C17H18N4O5/c1-8-2-4-9(5-3-8)14-18-10-6-21(17(25)20-15(10)19-14)16-13(24)12(23)11(7-22)26-16/h2-6,11-13,16,22-24H,7H2,1H3,(H,18,19,20,25)/t11-,12-,13-,16-/m1/s1. The van der Waals surface area contributed by atoms with E-state index in [2.05, 4.69) is 15.0 Å². The molecule has 136 valence electrons. The number of fused-ring (bicyclic) bond motifs is 1. The summed E-state index contributed by atoms with van der Waals surface area (Å²) in [6.07, 6.45) is -3.32. The molecule has 1 fully saturated rings. The number of rotatable bonds is 3. The van der Waals surface area contributed by atoms with E-state index in [1.807, 2.05) is 31.2 Å². The summed E-state index contributed by atoms with van der Waals surface area (Å²) in [7, 11) is 0. The Morgan fingerprint density at radius 2 is 1.92 bits per heavy atom. The van der Waals surface area contributed by atoms with Crippen LogP contribution in [0.2, 0.25) is 0 Å². The highest BCUT2D eigenvalue weighted by molar-refractivity contribution is 5.74. The molecule has 4 atom stereocenters. The van der Waals surface area contributed by atoms with Gasteiger partial charge in [0.25, 0.3) is 0 Å². The number of ether oxygens (including phenoxy) is 1. The van der Waals surface area contributed by atoms with Crippen LogP contribution in [-0.4, -0.2) is 59.8 Å². The third-order valence-electron chi connectivity index (χ3n) is 4.52. The molecule has 1 aliphatic heterocycles. The van der Waals surface area contributed by atoms with Gasteiger partial charge in [0, 0.05) is 11.8 Å². The zero-order valence-electron chi connectivity index (χ0n) is 13.9. The lowest BCUT2D eigenvalue weighted by atomic mass is 10.1. The van der Waals surface area contributed by atoms with Crippen molar-refractivity contribution in [1.82, 2.24) is 19.5 Å². The third-order valence-corrected chi connectivity index (χ3v) is 4.52. The van der Waals surface area contributed by atoms with Crippen LogP contribution >= 0.6 is 0 Å². The average Bonchev–Trinajstić information content (AvgIpc) is 3.16. The van der Waals surface area contributed by atoms with Crippen LogP contribution < -0.4 is 5.69 Å². The lowest BCUT2D eigenvalue weighted by Gasteiger charge is -2.16. The maximum atomic E-state index is 12.3. The topological polar surface area (TPSA) is 133 Å². The Hall–Kier alpha value is -2.59. The van der Waals surface area contributed by atoms with Crippen LogP contribution in [0, 0.1) is 6.92 Å². The van der Waals surface area contributed by atoms with Gasteiger partial charge in [0.1, 0.15) is 29.7 Å². The molecule has 4 rings (SSSR count). The van der Waals surface area contributed by atoms with Gasteiger partial charge in [0.2, 0.25) is 0 Å². The second-order valence-corrected chi connectivity index (χ2v) is 6.35. The van der Waals surface area contributed by atoms with E-state index >= 15 is 0 Å². The first kappa shape index (κ1) is 16.9. The minimum atomic E-state index is -1.36. The predicted octanol–water partition coefficient (Wildman–Crippen LogP) is -0.293. The number of H-pyrrole nitrogens is 1. The molecule has 0 amide bonds. The number of aliphatic hydroxyl groups excluding tert-OH is 3. The van der Waals surface area contributed by atoms with Crippen LogP contribution in [0.3, 0.4) is 0 Å². The molecule has 0 unspecified atom stereocenters. The number of hydrogen-bond donors (Lipinski definition) is 4. The summed E-state index contributed by atoms with van der Waals surface area (Å²) >= 11 is 0. The molecular weight excluding hydrogens is 340 g/mol. The first-order chi connectivity index (χ1) is 12.5. The smallest absolute Gasteiger partial charge is 0.351 e. The summed E-state index contributed by atoms with van der Waals surface area (Å²) in [6.45, 7) is 1.51. The van der Waals surface area contributed by atoms with E-state index in [4.69, 9.17) is 4.74 Å². The third kappa shape index (κ3) is 2.71. The number of aromatic amines is 1. The molecule has 1 aliphatic rings. The Morgan fingerprint density at radius 3 is 2.58 bits per heavy atom. The van der Waals surface area contributed by atoms with Gasteiger partial charge in [-0.2, -0.15) is 4.98 Å². The van der Waals surface area contributed by atoms with Crippen molar-refractivity contribution in [3.8, 4) is 11.4 Å². The summed E-state index contributed by atoms with van der Waals surface area (Å²) in [5.41, 5.74) is 2.02. The van der Waals surface area contributed by atoms with Gasteiger partial charge in [-0.1, -0.05) is 29.8 Å². The van der Waals surface area contributed by atoms with Crippen LogP contribution in [-0.2, 0) is 4.74 Å². The number of aliphatic hydroxyl groups is 3. The highest BCUT2D eigenvalue weighted by atomic mass is 16.6. The molecule has 0 radical (unpaired) electrons. The monoisotopic (exact) mass is 358 g/mol. The van der Waals surface area contributed by atoms with Gasteiger partial charge in [0.15, 0.2) is 11.9 Å². The molecule has 1 aromatic carbocycles. The number of nitrogens with zero attached hydrogens (tertiary/aromatic N) is 3. The van der Waals surface area contributed by atoms with Gasteiger partial charge in [-0.15, -0.1) is 0 Å². The van der Waals surface area contributed by atoms with Gasteiger partial charge >= 0.3 is 5.69 Å². The summed E-state index contributed by atoms with van der Waals surface area (Å²) in [4.78, 5) is 23.7. The molecule has 9 heteroatoms. The highest BCUT2D eigenvalue weighted by Gasteiger charge is 2.43. The molecule has 0 aliphatic carbocycles. The van der Waals surface area contributed by atoms with Crippen molar-refractivity contribution >= 4 is 11.2 Å². The number of hydrogen-bond acceptors (Lipinski definition) is 7. The van der Waals surface area contributed by atoms with Crippen LogP contribution in [0.15, 0.2) is 35.3 Å². The first-order valence-corrected chi connectivity index (χ1v) is 8.16. The maximum absolute atomic E-state index is 12.3. The van der Waals surface area contributed by atoms with Crippen molar-refractivity contribution in [3.63, 3.8) is 0 Å². The Morgan fingerprint density at radius 1 is 1.19 bits per heavy atom. The second kappa shape index (κ2) is 6.29. The van der Waals surface area contributed by atoms with Gasteiger partial charge in [-0.3, -0.25) is 4.57 Å². The highest BCUT2D eigenvalue weighted by Crippen LogP contribution is 2.28. The van der Waals surface area contributed by atoms with E-state index in [0.29, 0.717) is 11.3 Å². The number of aryl methyl sites for hydroxylation is 1. The Bertz CT molecular complexity index is 997. The van der Waals surface area contributed by atoms with Crippen LogP contribution in [0.4, 0.5) is 0 Å². The SMILES string of the molecule is Cc1ccc(-c2nc3nc(=O)n([C@@H]4O[C@H](CO)[C@@H](O)[C@H]4O)cc3[nH]2)cc1. The largest absolute Gasteiger partial charge is 0.394 e. The number of imidazole rings is 1. The first-order valence-electron chi connectivity index (χ1n) is 8.16. The Labute approximate surface area is 147 Å². The van der Waals surface area contributed by atoms with Crippen molar-refractivity contribution in [3.05, 3.63) is 46.5 Å². The lowest BCUT2D eigenvalue weighted by Crippen LogP contribution is -2.35. The zero-order chi connectivity index (χ0) is 18.4. The maximum Gasteiger partial charge on any atom is 0.351 e. The van der Waals surface area contributed by atoms with Crippen molar-refractivity contribution in [2.75, 3.05) is 6.61 Å². The van der Waals surface area contributed by atoms with Gasteiger partial charge < -0.3 is 25.0 Å². The lowest BCUT2D eigenvalue weighted by molar-refractivity contribution is -0.0547. The quantitative estimate of drug-likeness (QED) is 0.505. The van der Waals surface area contributed by atoms with Crippen molar-refractivity contribution in [1.29, 1.82) is 0 Å². The van der Waals surface area contributed by atoms with E-state index < -0.39 is 36.8 Å². The van der Waals surface area contributed by atoms with Crippen LogP contribution in [0.5, 0.6) is 0 Å². The van der Waals surface area contributed by atoms with Gasteiger partial charge in [-0.05, 0) is 6.92 Å². The van der Waals surface area contributed by atoms with E-state index in [9.17, 15) is 20.1 Å². The van der Waals surface area contributed by atoms with Crippen LogP contribution in [0.25, 0.3) is 22.6 Å². The minimum Gasteiger partial charge on any atom is -0.394 e. The van der Waals surface area contributed by atoms with Crippen LogP contribution in [0.1, 0.15) is 11.8 Å². The van der Waals surface area contributed by atoms with E-state index in [0.717, 1.165) is 15.7 Å². The fourth-order valence-electron chi connectivity index (χ4n) is 3.04. The van der Waals surface area contributed by atoms with Gasteiger partial charge in [0.05, 0.1) is 6.61 Å².